The molecule has 0 bridgehead atoms. The molecule has 0 fully saturated rings. The quantitative estimate of drug-likeness (QED) is 0.757. The van der Waals surface area contributed by atoms with E-state index in [4.69, 9.17) is 0 Å². The second-order valence-electron chi connectivity index (χ2n) is 3.75. The van der Waals surface area contributed by atoms with Crippen molar-refractivity contribution in [1.29, 1.82) is 0 Å². The minimum Gasteiger partial charge on any atom is -0.355 e. The van der Waals surface area contributed by atoms with Crippen LogP contribution in [0.1, 0.15) is 20.3 Å². The summed E-state index contributed by atoms with van der Waals surface area (Å²) in [6.45, 7) is 3.34. The first-order valence-electron chi connectivity index (χ1n) is 4.23. The van der Waals surface area contributed by atoms with E-state index < -0.39 is 14.6 Å². The highest BCUT2D eigenvalue weighted by Crippen LogP contribution is 2.13. The first kappa shape index (κ1) is 13.9. The monoisotopic (exact) mass is 285 g/mol. The molecule has 0 heterocycles. The lowest BCUT2D eigenvalue weighted by Crippen LogP contribution is -2.43. The number of rotatable bonds is 5. The highest BCUT2D eigenvalue weighted by molar-refractivity contribution is 9.09. The number of hydrogen-bond acceptors (Lipinski definition) is 3. The van der Waals surface area contributed by atoms with Gasteiger partial charge in [0, 0.05) is 24.6 Å². The summed E-state index contributed by atoms with van der Waals surface area (Å²) in [6, 6.07) is 0. The van der Waals surface area contributed by atoms with Crippen LogP contribution in [0.4, 0.5) is 0 Å². The van der Waals surface area contributed by atoms with Crippen LogP contribution in [-0.2, 0) is 14.6 Å². The average Bonchev–Trinajstić information content (AvgIpc) is 1.99. The van der Waals surface area contributed by atoms with Gasteiger partial charge in [0.05, 0.1) is 4.75 Å². The van der Waals surface area contributed by atoms with Gasteiger partial charge in [-0.1, -0.05) is 15.9 Å². The van der Waals surface area contributed by atoms with E-state index in [1.807, 2.05) is 0 Å². The van der Waals surface area contributed by atoms with Crippen molar-refractivity contribution in [2.75, 3.05) is 18.1 Å². The fourth-order valence-electron chi connectivity index (χ4n) is 0.617. The van der Waals surface area contributed by atoms with Gasteiger partial charge in [0.2, 0.25) is 5.91 Å². The van der Waals surface area contributed by atoms with Gasteiger partial charge in [-0.3, -0.25) is 4.79 Å². The number of amides is 1. The summed E-state index contributed by atoms with van der Waals surface area (Å²) in [5.74, 6) is -0.140. The van der Waals surface area contributed by atoms with Gasteiger partial charge >= 0.3 is 0 Å². The summed E-state index contributed by atoms with van der Waals surface area (Å²) in [4.78, 5) is 11.1. The van der Waals surface area contributed by atoms with E-state index in [9.17, 15) is 13.2 Å². The third-order valence-electron chi connectivity index (χ3n) is 2.04. The van der Waals surface area contributed by atoms with Crippen LogP contribution in [0.3, 0.4) is 0 Å². The maximum atomic E-state index is 11.3. The van der Waals surface area contributed by atoms with Crippen molar-refractivity contribution >= 4 is 31.7 Å². The number of carbonyl (C=O) groups is 1. The average molecular weight is 286 g/mol. The molecule has 0 aromatic rings. The van der Waals surface area contributed by atoms with Crippen LogP contribution < -0.4 is 5.32 Å². The van der Waals surface area contributed by atoms with Gasteiger partial charge in [-0.25, -0.2) is 8.42 Å². The summed E-state index contributed by atoms with van der Waals surface area (Å²) in [5.41, 5.74) is 0. The van der Waals surface area contributed by atoms with E-state index in [-0.39, 0.29) is 12.5 Å². The third-order valence-corrected chi connectivity index (χ3v) is 4.58. The number of alkyl halides is 1. The predicted molar refractivity (Wildman–Crippen MR) is 60.3 cm³/mol. The van der Waals surface area contributed by atoms with Crippen molar-refractivity contribution in [3.05, 3.63) is 0 Å². The largest absolute Gasteiger partial charge is 0.355 e. The molecule has 0 aromatic heterocycles. The Bertz CT molecular complexity index is 298. The van der Waals surface area contributed by atoms with Gasteiger partial charge in [-0.2, -0.15) is 0 Å². The third kappa shape index (κ3) is 4.41. The molecule has 0 atom stereocenters. The maximum Gasteiger partial charge on any atom is 0.220 e. The van der Waals surface area contributed by atoms with Crippen molar-refractivity contribution in [2.45, 2.75) is 25.0 Å². The number of halogens is 1. The van der Waals surface area contributed by atoms with Crippen LogP contribution in [0.2, 0.25) is 0 Å². The van der Waals surface area contributed by atoms with Gasteiger partial charge in [-0.05, 0) is 13.8 Å². The topological polar surface area (TPSA) is 63.2 Å². The van der Waals surface area contributed by atoms with Gasteiger partial charge in [0.1, 0.15) is 0 Å². The fraction of sp³-hybridized carbons (Fsp3) is 0.875. The highest BCUT2D eigenvalue weighted by atomic mass is 79.9. The van der Waals surface area contributed by atoms with E-state index in [1.165, 1.54) is 6.26 Å². The second kappa shape index (κ2) is 5.11. The molecule has 14 heavy (non-hydrogen) atoms. The van der Waals surface area contributed by atoms with E-state index in [2.05, 4.69) is 21.2 Å². The molecular weight excluding hydrogens is 270 g/mol. The van der Waals surface area contributed by atoms with Crippen LogP contribution in [-0.4, -0.2) is 37.2 Å². The Morgan fingerprint density at radius 2 is 1.93 bits per heavy atom. The summed E-state index contributed by atoms with van der Waals surface area (Å²) in [7, 11) is -3.14. The molecular formula is C8H16BrNO3S. The predicted octanol–water partition coefficient (Wildman–Crippen LogP) is 0.711. The molecule has 0 aromatic carbocycles. The van der Waals surface area contributed by atoms with Crippen molar-refractivity contribution < 1.29 is 13.2 Å². The summed E-state index contributed by atoms with van der Waals surface area (Å²) in [5, 5.41) is 3.16. The van der Waals surface area contributed by atoms with E-state index >= 15 is 0 Å². The van der Waals surface area contributed by atoms with Gasteiger partial charge in [0.15, 0.2) is 9.84 Å². The molecule has 0 aliphatic heterocycles. The zero-order valence-electron chi connectivity index (χ0n) is 8.63. The van der Waals surface area contributed by atoms with E-state index in [0.29, 0.717) is 11.8 Å². The molecule has 1 amide bonds. The molecule has 0 saturated carbocycles. The van der Waals surface area contributed by atoms with Crippen LogP contribution in [0.25, 0.3) is 0 Å². The lowest BCUT2D eigenvalue weighted by molar-refractivity contribution is -0.120. The normalized spacial score (nSPS) is 12.6. The zero-order chi connectivity index (χ0) is 11.4. The minimum absolute atomic E-state index is 0.140. The van der Waals surface area contributed by atoms with Crippen molar-refractivity contribution in [2.24, 2.45) is 0 Å². The van der Waals surface area contributed by atoms with E-state index in [0.717, 1.165) is 0 Å². The van der Waals surface area contributed by atoms with Crippen molar-refractivity contribution in [3.8, 4) is 0 Å². The Kier molecular flexibility index (Phi) is 5.08. The Balaban J connectivity index is 4.20. The first-order chi connectivity index (χ1) is 6.20. The van der Waals surface area contributed by atoms with Gasteiger partial charge < -0.3 is 5.32 Å². The summed E-state index contributed by atoms with van der Waals surface area (Å²) >= 11 is 3.13. The van der Waals surface area contributed by atoms with E-state index in [1.54, 1.807) is 13.8 Å². The molecule has 84 valence electrons. The van der Waals surface area contributed by atoms with Crippen molar-refractivity contribution in [3.63, 3.8) is 0 Å². The number of hydrogen-bond donors (Lipinski definition) is 1. The van der Waals surface area contributed by atoms with Crippen molar-refractivity contribution in [1.82, 2.24) is 5.32 Å². The number of nitrogens with one attached hydrogen (secondary N) is 1. The molecule has 0 spiro atoms. The fourth-order valence-corrected chi connectivity index (χ4v) is 1.31. The second-order valence-corrected chi connectivity index (χ2v) is 7.19. The Morgan fingerprint density at radius 1 is 1.43 bits per heavy atom. The van der Waals surface area contributed by atoms with Crippen LogP contribution >= 0.6 is 15.9 Å². The lowest BCUT2D eigenvalue weighted by Gasteiger charge is -2.22. The molecule has 4 nitrogen and oxygen atoms in total. The van der Waals surface area contributed by atoms with Gasteiger partial charge in [-0.15, -0.1) is 0 Å². The standard InChI is InChI=1S/C8H16BrNO3S/c1-8(2,14(3,12)13)6-10-7(11)4-5-9/h4-6H2,1-3H3,(H,10,11). The highest BCUT2D eigenvalue weighted by Gasteiger charge is 2.30. The molecule has 0 radical (unpaired) electrons. The molecule has 0 rings (SSSR count). The van der Waals surface area contributed by atoms with Crippen LogP contribution in [0, 0.1) is 0 Å². The molecule has 0 saturated heterocycles. The summed E-state index contributed by atoms with van der Waals surface area (Å²) in [6.07, 6.45) is 1.53. The number of carbonyl (C=O) groups excluding carboxylic acids is 1. The Hall–Kier alpha value is -0.100. The lowest BCUT2D eigenvalue weighted by atomic mass is 10.2. The Labute approximate surface area is 93.5 Å². The molecule has 1 N–H and O–H groups in total. The maximum absolute atomic E-state index is 11.3. The molecule has 0 aliphatic rings. The summed E-state index contributed by atoms with van der Waals surface area (Å²) < 4.78 is 21.6. The first-order valence-corrected chi connectivity index (χ1v) is 7.24. The van der Waals surface area contributed by atoms with Crippen LogP contribution in [0.5, 0.6) is 0 Å². The molecule has 6 heteroatoms. The Morgan fingerprint density at radius 3 is 2.29 bits per heavy atom. The molecule has 0 unspecified atom stereocenters. The van der Waals surface area contributed by atoms with Crippen LogP contribution in [0.15, 0.2) is 0 Å². The smallest absolute Gasteiger partial charge is 0.220 e. The minimum atomic E-state index is -3.14. The molecule has 0 aliphatic carbocycles. The zero-order valence-corrected chi connectivity index (χ0v) is 11.0. The number of sulfone groups is 1. The SMILES string of the molecule is CC(C)(CNC(=O)CCBr)S(C)(=O)=O. The van der Waals surface area contributed by atoms with Gasteiger partial charge in [0.25, 0.3) is 0 Å².